The molecule has 9 nitrogen and oxygen atoms in total. The second-order valence-corrected chi connectivity index (χ2v) is 8.20. The lowest BCUT2D eigenvalue weighted by Crippen LogP contribution is -2.51. The SMILES string of the molecule is COC(=O)[C@@](C)(c1ccccn1)N(C)C(=O)c1cccc(S(=O)(=O)N(C)OC)c1. The number of sulfonamides is 1. The molecule has 0 aliphatic rings. The van der Waals surface area contributed by atoms with Gasteiger partial charge in [-0.2, -0.15) is 0 Å². The van der Waals surface area contributed by atoms with Crippen molar-refractivity contribution >= 4 is 21.9 Å². The molecule has 2 rings (SSSR count). The van der Waals surface area contributed by atoms with E-state index in [0.717, 1.165) is 0 Å². The van der Waals surface area contributed by atoms with Crippen LogP contribution in [-0.4, -0.2) is 63.0 Å². The van der Waals surface area contributed by atoms with Crippen LogP contribution in [0.2, 0.25) is 0 Å². The molecular formula is C19H23N3O6S. The summed E-state index contributed by atoms with van der Waals surface area (Å²) in [5.74, 6) is -1.27. The zero-order valence-electron chi connectivity index (χ0n) is 16.8. The van der Waals surface area contributed by atoms with Crippen molar-refractivity contribution in [2.24, 2.45) is 0 Å². The van der Waals surface area contributed by atoms with Crippen molar-refractivity contribution in [2.75, 3.05) is 28.3 Å². The summed E-state index contributed by atoms with van der Waals surface area (Å²) in [6.45, 7) is 1.51. The first kappa shape index (κ1) is 22.5. The molecule has 0 saturated carbocycles. The summed E-state index contributed by atoms with van der Waals surface area (Å²) in [6, 6.07) is 10.4. The van der Waals surface area contributed by atoms with Gasteiger partial charge in [0.15, 0.2) is 5.54 Å². The van der Waals surface area contributed by atoms with E-state index in [0.29, 0.717) is 10.2 Å². The molecule has 0 aliphatic heterocycles. The Bertz CT molecular complexity index is 996. The van der Waals surface area contributed by atoms with E-state index in [4.69, 9.17) is 9.57 Å². The van der Waals surface area contributed by atoms with E-state index in [1.807, 2.05) is 0 Å². The van der Waals surface area contributed by atoms with Crippen LogP contribution in [0.15, 0.2) is 53.6 Å². The Hall–Kier alpha value is -2.82. The highest BCUT2D eigenvalue weighted by molar-refractivity contribution is 7.89. The number of hydroxylamine groups is 1. The lowest BCUT2D eigenvalue weighted by molar-refractivity contribution is -0.152. The average Bonchev–Trinajstić information content (AvgIpc) is 2.76. The zero-order chi connectivity index (χ0) is 21.8. The molecule has 29 heavy (non-hydrogen) atoms. The summed E-state index contributed by atoms with van der Waals surface area (Å²) >= 11 is 0. The molecule has 0 spiro atoms. The number of aromatic nitrogens is 1. The van der Waals surface area contributed by atoms with Gasteiger partial charge in [-0.1, -0.05) is 16.6 Å². The molecule has 0 unspecified atom stereocenters. The van der Waals surface area contributed by atoms with E-state index in [2.05, 4.69) is 4.98 Å². The Morgan fingerprint density at radius 1 is 1.07 bits per heavy atom. The molecule has 1 heterocycles. The number of amides is 1. The van der Waals surface area contributed by atoms with Gasteiger partial charge in [-0.25, -0.2) is 13.2 Å². The average molecular weight is 421 g/mol. The number of pyridine rings is 1. The number of hydrogen-bond donors (Lipinski definition) is 0. The van der Waals surface area contributed by atoms with Crippen LogP contribution in [0.1, 0.15) is 23.0 Å². The first-order valence-electron chi connectivity index (χ1n) is 8.51. The fraction of sp³-hybridized carbons (Fsp3) is 0.316. The van der Waals surface area contributed by atoms with Crippen LogP contribution in [0, 0.1) is 0 Å². The van der Waals surface area contributed by atoms with Gasteiger partial charge in [0.25, 0.3) is 15.9 Å². The minimum absolute atomic E-state index is 0.0733. The van der Waals surface area contributed by atoms with Crippen LogP contribution < -0.4 is 0 Å². The van der Waals surface area contributed by atoms with Gasteiger partial charge in [-0.3, -0.25) is 14.6 Å². The number of benzene rings is 1. The number of ether oxygens (including phenoxy) is 1. The summed E-state index contributed by atoms with van der Waals surface area (Å²) in [5, 5.41) is 0. The molecule has 0 radical (unpaired) electrons. The van der Waals surface area contributed by atoms with Crippen molar-refractivity contribution < 1.29 is 27.6 Å². The number of carbonyl (C=O) groups excluding carboxylic acids is 2. The molecule has 0 N–H and O–H groups in total. The Balaban J connectivity index is 2.50. The lowest BCUT2D eigenvalue weighted by atomic mass is 9.94. The maximum absolute atomic E-state index is 13.2. The summed E-state index contributed by atoms with van der Waals surface area (Å²) < 4.78 is 30.5. The van der Waals surface area contributed by atoms with Crippen LogP contribution in [-0.2, 0) is 29.9 Å². The summed E-state index contributed by atoms with van der Waals surface area (Å²) in [5.41, 5.74) is -1.14. The number of methoxy groups -OCH3 is 1. The molecular weight excluding hydrogens is 398 g/mol. The van der Waals surface area contributed by atoms with Crippen LogP contribution in [0.4, 0.5) is 0 Å². The predicted octanol–water partition coefficient (Wildman–Crippen LogP) is 1.42. The molecule has 10 heteroatoms. The molecule has 1 amide bonds. The third kappa shape index (κ3) is 4.14. The minimum Gasteiger partial charge on any atom is -0.467 e. The molecule has 156 valence electrons. The van der Waals surface area contributed by atoms with Gasteiger partial charge in [-0.15, -0.1) is 0 Å². The quantitative estimate of drug-likeness (QED) is 0.492. The van der Waals surface area contributed by atoms with E-state index in [-0.39, 0.29) is 10.5 Å². The monoisotopic (exact) mass is 421 g/mol. The van der Waals surface area contributed by atoms with Crippen LogP contribution in [0.3, 0.4) is 0 Å². The Morgan fingerprint density at radius 2 is 1.76 bits per heavy atom. The van der Waals surface area contributed by atoms with Crippen LogP contribution in [0.25, 0.3) is 0 Å². The van der Waals surface area contributed by atoms with Crippen molar-refractivity contribution in [3.63, 3.8) is 0 Å². The molecule has 0 saturated heterocycles. The number of hydrogen-bond acceptors (Lipinski definition) is 7. The van der Waals surface area contributed by atoms with Gasteiger partial charge in [0.2, 0.25) is 0 Å². The maximum Gasteiger partial charge on any atom is 0.337 e. The van der Waals surface area contributed by atoms with Gasteiger partial charge >= 0.3 is 5.97 Å². The Kier molecular flexibility index (Phi) is 6.73. The number of rotatable bonds is 7. The lowest BCUT2D eigenvalue weighted by Gasteiger charge is -2.35. The highest BCUT2D eigenvalue weighted by Crippen LogP contribution is 2.29. The summed E-state index contributed by atoms with van der Waals surface area (Å²) in [4.78, 5) is 35.7. The fourth-order valence-electron chi connectivity index (χ4n) is 2.70. The Morgan fingerprint density at radius 3 is 2.31 bits per heavy atom. The predicted molar refractivity (Wildman–Crippen MR) is 104 cm³/mol. The first-order chi connectivity index (χ1) is 13.6. The van der Waals surface area contributed by atoms with E-state index in [1.54, 1.807) is 18.2 Å². The van der Waals surface area contributed by atoms with E-state index in [9.17, 15) is 18.0 Å². The van der Waals surface area contributed by atoms with Crippen LogP contribution >= 0.6 is 0 Å². The minimum atomic E-state index is -3.94. The summed E-state index contributed by atoms with van der Waals surface area (Å²) in [7, 11) is 1.16. The fourth-order valence-corrected chi connectivity index (χ4v) is 3.72. The highest BCUT2D eigenvalue weighted by atomic mass is 32.2. The smallest absolute Gasteiger partial charge is 0.337 e. The Labute approximate surface area is 169 Å². The number of esters is 1. The largest absolute Gasteiger partial charge is 0.467 e. The van der Waals surface area contributed by atoms with Gasteiger partial charge in [0.05, 0.1) is 24.8 Å². The van der Waals surface area contributed by atoms with Crippen LogP contribution in [0.5, 0.6) is 0 Å². The van der Waals surface area contributed by atoms with Crippen molar-refractivity contribution in [2.45, 2.75) is 17.4 Å². The molecule has 0 bridgehead atoms. The van der Waals surface area contributed by atoms with Crippen molar-refractivity contribution in [3.05, 3.63) is 59.9 Å². The first-order valence-corrected chi connectivity index (χ1v) is 9.96. The van der Waals surface area contributed by atoms with Gasteiger partial charge in [0, 0.05) is 25.9 Å². The molecule has 0 fully saturated rings. The number of likely N-dealkylation sites (N-methyl/N-ethyl adjacent to an activating group) is 1. The maximum atomic E-state index is 13.2. The third-order valence-corrected chi connectivity index (χ3v) is 6.37. The van der Waals surface area contributed by atoms with Gasteiger partial charge < -0.3 is 9.64 Å². The van der Waals surface area contributed by atoms with Gasteiger partial charge in [0.1, 0.15) is 0 Å². The molecule has 1 aromatic carbocycles. The normalized spacial score (nSPS) is 13.6. The third-order valence-electron chi connectivity index (χ3n) is 4.70. The second-order valence-electron chi connectivity index (χ2n) is 6.27. The number of nitrogens with zero attached hydrogens (tertiary/aromatic N) is 3. The second kappa shape index (κ2) is 8.68. The summed E-state index contributed by atoms with van der Waals surface area (Å²) in [6.07, 6.45) is 1.50. The standard InChI is InChI=1S/C19H23N3O6S/c1-19(18(24)27-4,16-11-6-7-12-20-16)21(2)17(23)14-9-8-10-15(13-14)29(25,26)22(3)28-5/h6-13H,1-5H3/t19-/m1/s1. The van der Waals surface area contributed by atoms with Crippen molar-refractivity contribution in [1.82, 2.24) is 14.4 Å². The molecule has 1 aromatic heterocycles. The highest BCUT2D eigenvalue weighted by Gasteiger charge is 2.44. The zero-order valence-corrected chi connectivity index (χ0v) is 17.6. The van der Waals surface area contributed by atoms with Gasteiger partial charge in [-0.05, 0) is 37.3 Å². The van der Waals surface area contributed by atoms with E-state index in [1.165, 1.54) is 70.6 Å². The van der Waals surface area contributed by atoms with Crippen molar-refractivity contribution in [3.8, 4) is 0 Å². The van der Waals surface area contributed by atoms with Crippen molar-refractivity contribution in [1.29, 1.82) is 0 Å². The van der Waals surface area contributed by atoms with E-state index >= 15 is 0 Å². The molecule has 2 aromatic rings. The number of carbonyl (C=O) groups is 2. The van der Waals surface area contributed by atoms with E-state index < -0.39 is 27.4 Å². The topological polar surface area (TPSA) is 106 Å². The molecule has 1 atom stereocenters. The molecule has 0 aliphatic carbocycles.